The fraction of sp³-hybridized carbons (Fsp3) is 0.217. The summed E-state index contributed by atoms with van der Waals surface area (Å²) in [6.45, 7) is 2.12. The van der Waals surface area contributed by atoms with Gasteiger partial charge >= 0.3 is 11.5 Å². The average molecular weight is 491 g/mol. The predicted octanol–water partition coefficient (Wildman–Crippen LogP) is 5.06. The molecule has 0 aliphatic carbocycles. The molecule has 0 aliphatic rings. The van der Waals surface area contributed by atoms with E-state index in [2.05, 4.69) is 19.7 Å². The van der Waals surface area contributed by atoms with Crippen LogP contribution in [0.3, 0.4) is 0 Å². The highest BCUT2D eigenvalue weighted by Gasteiger charge is 2.31. The number of aromatic nitrogens is 3. The summed E-state index contributed by atoms with van der Waals surface area (Å²) < 4.78 is 65.6. The van der Waals surface area contributed by atoms with Gasteiger partial charge in [-0.1, -0.05) is 30.3 Å². The van der Waals surface area contributed by atoms with Crippen LogP contribution in [-0.2, 0) is 23.5 Å². The molecule has 0 saturated carbocycles. The number of H-pyrrole nitrogens is 1. The van der Waals surface area contributed by atoms with Gasteiger partial charge in [0.15, 0.2) is 17.3 Å². The molecule has 0 amide bonds. The number of nitrogens with one attached hydrogen (secondary N) is 1. The molecule has 0 radical (unpaired) electrons. The van der Waals surface area contributed by atoms with Gasteiger partial charge in [0, 0.05) is 22.8 Å². The number of nitrogens with zero attached hydrogens (tertiary/aromatic N) is 2. The zero-order valence-electron chi connectivity index (χ0n) is 18.2. The Kier molecular flexibility index (Phi) is 6.85. The van der Waals surface area contributed by atoms with Crippen LogP contribution in [-0.4, -0.2) is 33.0 Å². The SMILES string of the molecule is COc1c(OCc2ccccc2)cnc(C[S+]([O-])c2nc3cc(OC(F)(F)F)ccc3[nH]2)c1C. The second kappa shape index (κ2) is 9.82. The van der Waals surface area contributed by atoms with E-state index in [9.17, 15) is 17.7 Å². The number of alkyl halides is 3. The highest BCUT2D eigenvalue weighted by molar-refractivity contribution is 7.90. The molecule has 2 heterocycles. The van der Waals surface area contributed by atoms with Gasteiger partial charge in [-0.3, -0.25) is 9.97 Å². The maximum absolute atomic E-state index is 12.9. The number of aromatic amines is 1. The fourth-order valence-electron chi connectivity index (χ4n) is 3.30. The second-order valence-corrected chi connectivity index (χ2v) is 8.63. The Morgan fingerprint density at radius 3 is 2.59 bits per heavy atom. The highest BCUT2D eigenvalue weighted by Crippen LogP contribution is 2.33. The molecule has 7 nitrogen and oxygen atoms in total. The van der Waals surface area contributed by atoms with Crippen LogP contribution in [0.25, 0.3) is 11.0 Å². The fourth-order valence-corrected chi connectivity index (χ4v) is 4.40. The van der Waals surface area contributed by atoms with E-state index in [0.717, 1.165) is 17.7 Å². The van der Waals surface area contributed by atoms with Crippen LogP contribution in [0.1, 0.15) is 16.8 Å². The smallest absolute Gasteiger partial charge is 0.573 e. The van der Waals surface area contributed by atoms with E-state index in [1.807, 2.05) is 30.3 Å². The summed E-state index contributed by atoms with van der Waals surface area (Å²) in [6, 6.07) is 13.3. The maximum atomic E-state index is 12.9. The quantitative estimate of drug-likeness (QED) is 0.347. The Morgan fingerprint density at radius 2 is 1.88 bits per heavy atom. The van der Waals surface area contributed by atoms with Crippen molar-refractivity contribution in [2.75, 3.05) is 7.11 Å². The molecule has 0 spiro atoms. The van der Waals surface area contributed by atoms with Crippen molar-refractivity contribution in [3.05, 3.63) is 71.5 Å². The maximum Gasteiger partial charge on any atom is 0.573 e. The lowest BCUT2D eigenvalue weighted by molar-refractivity contribution is -0.274. The number of ether oxygens (including phenoxy) is 3. The van der Waals surface area contributed by atoms with Crippen molar-refractivity contribution in [2.24, 2.45) is 0 Å². The van der Waals surface area contributed by atoms with Gasteiger partial charge in [0.1, 0.15) is 12.4 Å². The van der Waals surface area contributed by atoms with Crippen molar-refractivity contribution in [2.45, 2.75) is 30.8 Å². The second-order valence-electron chi connectivity index (χ2n) is 7.26. The van der Waals surface area contributed by atoms with E-state index >= 15 is 0 Å². The van der Waals surface area contributed by atoms with Crippen LogP contribution in [0, 0.1) is 6.92 Å². The average Bonchev–Trinajstić information content (AvgIpc) is 3.22. The monoisotopic (exact) mass is 491 g/mol. The van der Waals surface area contributed by atoms with Gasteiger partial charge in [-0.05, 0) is 24.6 Å². The largest absolute Gasteiger partial charge is 0.609 e. The number of rotatable bonds is 8. The zero-order valence-corrected chi connectivity index (χ0v) is 19.0. The predicted molar refractivity (Wildman–Crippen MR) is 119 cm³/mol. The Hall–Kier alpha value is -3.44. The Morgan fingerprint density at radius 1 is 1.12 bits per heavy atom. The molecular weight excluding hydrogens is 471 g/mol. The first-order valence-corrected chi connectivity index (χ1v) is 11.4. The molecule has 0 saturated heterocycles. The normalized spacial score (nSPS) is 12.5. The van der Waals surface area contributed by atoms with Crippen LogP contribution in [0.4, 0.5) is 13.2 Å². The molecule has 0 aliphatic heterocycles. The van der Waals surface area contributed by atoms with Crippen LogP contribution in [0.5, 0.6) is 17.2 Å². The van der Waals surface area contributed by atoms with Crippen molar-refractivity contribution in [3.8, 4) is 17.2 Å². The minimum atomic E-state index is -4.81. The van der Waals surface area contributed by atoms with Gasteiger partial charge in [0.2, 0.25) is 0 Å². The van der Waals surface area contributed by atoms with Crippen molar-refractivity contribution < 1.29 is 31.9 Å². The molecule has 34 heavy (non-hydrogen) atoms. The first-order valence-electron chi connectivity index (χ1n) is 10.1. The van der Waals surface area contributed by atoms with Gasteiger partial charge in [0.05, 0.1) is 30.0 Å². The number of imidazole rings is 1. The van der Waals surface area contributed by atoms with Crippen molar-refractivity contribution in [1.82, 2.24) is 15.0 Å². The minimum absolute atomic E-state index is 0.0207. The third-order valence-corrected chi connectivity index (χ3v) is 6.09. The molecule has 4 aromatic rings. The summed E-state index contributed by atoms with van der Waals surface area (Å²) in [4.78, 5) is 11.4. The molecular formula is C23H20F3N3O4S. The lowest BCUT2D eigenvalue weighted by Crippen LogP contribution is -2.16. The van der Waals surface area contributed by atoms with Crippen LogP contribution in [0.2, 0.25) is 0 Å². The van der Waals surface area contributed by atoms with Crippen molar-refractivity contribution in [1.29, 1.82) is 0 Å². The molecule has 1 unspecified atom stereocenters. The number of hydrogen-bond donors (Lipinski definition) is 1. The van der Waals surface area contributed by atoms with E-state index in [0.29, 0.717) is 34.9 Å². The number of pyridine rings is 1. The van der Waals surface area contributed by atoms with Crippen molar-refractivity contribution >= 4 is 22.2 Å². The molecule has 1 N–H and O–H groups in total. The van der Waals surface area contributed by atoms with Crippen LogP contribution < -0.4 is 14.2 Å². The van der Waals surface area contributed by atoms with Gasteiger partial charge in [-0.2, -0.15) is 4.98 Å². The van der Waals surface area contributed by atoms with Gasteiger partial charge in [0.25, 0.3) is 0 Å². The van der Waals surface area contributed by atoms with Crippen molar-refractivity contribution in [3.63, 3.8) is 0 Å². The summed E-state index contributed by atoms with van der Waals surface area (Å²) in [6.07, 6.45) is -3.30. The summed E-state index contributed by atoms with van der Waals surface area (Å²) in [5.74, 6) is 0.556. The van der Waals surface area contributed by atoms with Gasteiger partial charge in [-0.15, -0.1) is 13.2 Å². The summed E-state index contributed by atoms with van der Waals surface area (Å²) in [5.41, 5.74) is 2.81. The molecule has 4 rings (SSSR count). The molecule has 11 heteroatoms. The Labute approximate surface area is 196 Å². The van der Waals surface area contributed by atoms with E-state index in [-0.39, 0.29) is 16.4 Å². The zero-order chi connectivity index (χ0) is 24.3. The molecule has 0 fully saturated rings. The lowest BCUT2D eigenvalue weighted by Gasteiger charge is -2.15. The first kappa shape index (κ1) is 23.7. The summed E-state index contributed by atoms with van der Waals surface area (Å²) in [7, 11) is 1.51. The molecule has 2 aromatic heterocycles. The number of halogens is 3. The minimum Gasteiger partial charge on any atom is -0.609 e. The summed E-state index contributed by atoms with van der Waals surface area (Å²) >= 11 is -1.64. The van der Waals surface area contributed by atoms with Crippen LogP contribution >= 0.6 is 0 Å². The standard InChI is InChI=1S/C23H20F3N3O4S/c1-14-19(27-11-20(21(14)31-2)32-12-15-6-4-3-5-7-15)13-34(30)22-28-17-9-8-16(10-18(17)29-22)33-23(24,25)26/h3-11H,12-13H2,1-2H3,(H,28,29). The van der Waals surface area contributed by atoms with Gasteiger partial charge in [-0.25, -0.2) is 0 Å². The van der Waals surface area contributed by atoms with E-state index in [1.54, 1.807) is 6.92 Å². The van der Waals surface area contributed by atoms with E-state index in [4.69, 9.17) is 9.47 Å². The molecule has 0 bridgehead atoms. The van der Waals surface area contributed by atoms with E-state index in [1.165, 1.54) is 19.4 Å². The van der Waals surface area contributed by atoms with Crippen LogP contribution in [0.15, 0.2) is 59.9 Å². The number of benzene rings is 2. The third-order valence-electron chi connectivity index (χ3n) is 4.93. The molecule has 2 aromatic carbocycles. The first-order chi connectivity index (χ1) is 16.2. The van der Waals surface area contributed by atoms with Gasteiger partial charge < -0.3 is 18.8 Å². The number of methoxy groups -OCH3 is 1. The highest BCUT2D eigenvalue weighted by atomic mass is 32.2. The molecule has 1 atom stereocenters. The van der Waals surface area contributed by atoms with E-state index < -0.39 is 23.3 Å². The molecule has 178 valence electrons. The number of hydrogen-bond acceptors (Lipinski definition) is 6. The summed E-state index contributed by atoms with van der Waals surface area (Å²) in [5, 5.41) is 0.115. The third kappa shape index (κ3) is 5.54. The number of fused-ring (bicyclic) bond motifs is 1. The Balaban J connectivity index is 1.50. The Bertz CT molecular complexity index is 1280. The lowest BCUT2D eigenvalue weighted by atomic mass is 10.2. The topological polar surface area (TPSA) is 92.3 Å².